The van der Waals surface area contributed by atoms with E-state index < -0.39 is 0 Å². The zero-order valence-corrected chi connectivity index (χ0v) is 12.3. The number of hydrogen-bond acceptors (Lipinski definition) is 4. The second kappa shape index (κ2) is 7.43. The second-order valence-corrected chi connectivity index (χ2v) is 5.23. The second-order valence-electron chi connectivity index (χ2n) is 5.23. The van der Waals surface area contributed by atoms with E-state index in [0.29, 0.717) is 0 Å². The maximum absolute atomic E-state index is 4.20. The summed E-state index contributed by atoms with van der Waals surface area (Å²) in [6.45, 7) is 2.53. The molecule has 0 amide bonds. The molecule has 0 aliphatic heterocycles. The van der Waals surface area contributed by atoms with Gasteiger partial charge in [-0.2, -0.15) is 0 Å². The zero-order chi connectivity index (χ0) is 15.0. The Morgan fingerprint density at radius 1 is 0.591 bits per heavy atom. The summed E-state index contributed by atoms with van der Waals surface area (Å²) < 4.78 is 0. The van der Waals surface area contributed by atoms with Crippen LogP contribution >= 0.6 is 0 Å². The Morgan fingerprint density at radius 3 is 1.23 bits per heavy atom. The van der Waals surface area contributed by atoms with Crippen LogP contribution in [0.25, 0.3) is 0 Å². The van der Waals surface area contributed by atoms with E-state index in [1.54, 1.807) is 18.6 Å². The predicted molar refractivity (Wildman–Crippen MR) is 85.7 cm³/mol. The van der Waals surface area contributed by atoms with Crippen molar-refractivity contribution in [1.29, 1.82) is 0 Å². The van der Waals surface area contributed by atoms with Gasteiger partial charge in [-0.1, -0.05) is 18.2 Å². The van der Waals surface area contributed by atoms with E-state index in [0.717, 1.165) is 19.6 Å². The summed E-state index contributed by atoms with van der Waals surface area (Å²) in [5, 5.41) is 0. The molecule has 0 unspecified atom stereocenters. The van der Waals surface area contributed by atoms with E-state index in [1.165, 1.54) is 16.7 Å². The lowest BCUT2D eigenvalue weighted by Gasteiger charge is -2.22. The lowest BCUT2D eigenvalue weighted by atomic mass is 10.2. The molecular formula is C18H18N4. The first-order chi connectivity index (χ1) is 10.9. The molecule has 0 aliphatic carbocycles. The van der Waals surface area contributed by atoms with Crippen LogP contribution in [-0.2, 0) is 19.6 Å². The first-order valence-electron chi connectivity index (χ1n) is 7.29. The first kappa shape index (κ1) is 14.4. The van der Waals surface area contributed by atoms with Crippen LogP contribution in [0.3, 0.4) is 0 Å². The summed E-state index contributed by atoms with van der Waals surface area (Å²) in [5.41, 5.74) is 3.61. The molecule has 0 saturated carbocycles. The van der Waals surface area contributed by atoms with Crippen molar-refractivity contribution in [2.75, 3.05) is 0 Å². The maximum atomic E-state index is 4.20. The highest BCUT2D eigenvalue weighted by Gasteiger charge is 2.08. The van der Waals surface area contributed by atoms with Crippen molar-refractivity contribution in [3.05, 3.63) is 90.3 Å². The highest BCUT2D eigenvalue weighted by molar-refractivity contribution is 5.13. The van der Waals surface area contributed by atoms with Gasteiger partial charge in [-0.15, -0.1) is 0 Å². The Hall–Kier alpha value is -2.59. The Labute approximate surface area is 130 Å². The highest BCUT2D eigenvalue weighted by atomic mass is 15.1. The normalized spacial score (nSPS) is 10.8. The monoisotopic (exact) mass is 290 g/mol. The van der Waals surface area contributed by atoms with Gasteiger partial charge in [0.2, 0.25) is 0 Å². The third-order valence-electron chi connectivity index (χ3n) is 3.39. The van der Waals surface area contributed by atoms with Crippen molar-refractivity contribution in [1.82, 2.24) is 19.9 Å². The van der Waals surface area contributed by atoms with Crippen LogP contribution in [0.2, 0.25) is 0 Å². The number of pyridine rings is 3. The third-order valence-corrected chi connectivity index (χ3v) is 3.39. The topological polar surface area (TPSA) is 41.9 Å². The summed E-state index contributed by atoms with van der Waals surface area (Å²) in [7, 11) is 0. The Morgan fingerprint density at radius 2 is 0.955 bits per heavy atom. The molecule has 22 heavy (non-hydrogen) atoms. The van der Waals surface area contributed by atoms with Gasteiger partial charge in [0.05, 0.1) is 0 Å². The molecule has 110 valence electrons. The first-order valence-corrected chi connectivity index (χ1v) is 7.29. The standard InChI is InChI=1S/C18H18N4/c1-4-16(10-19-7-1)13-22(14-17-5-2-8-20-11-17)15-18-6-3-9-21-12-18/h1-12H,13-15H2. The Kier molecular flexibility index (Phi) is 4.85. The molecule has 0 spiro atoms. The molecular weight excluding hydrogens is 272 g/mol. The minimum atomic E-state index is 0.845. The molecule has 3 aromatic heterocycles. The molecule has 0 bridgehead atoms. The Balaban J connectivity index is 1.75. The fraction of sp³-hybridized carbons (Fsp3) is 0.167. The van der Waals surface area contributed by atoms with E-state index in [4.69, 9.17) is 0 Å². The Bertz CT molecular complexity index is 573. The fourth-order valence-corrected chi connectivity index (χ4v) is 2.42. The molecule has 0 aliphatic rings. The van der Waals surface area contributed by atoms with Gasteiger partial charge < -0.3 is 0 Å². The van der Waals surface area contributed by atoms with Crippen LogP contribution < -0.4 is 0 Å². The molecule has 0 atom stereocenters. The molecule has 4 nitrogen and oxygen atoms in total. The maximum Gasteiger partial charge on any atom is 0.0312 e. The molecule has 0 aromatic carbocycles. The average Bonchev–Trinajstić information content (AvgIpc) is 2.57. The van der Waals surface area contributed by atoms with Gasteiger partial charge in [0.1, 0.15) is 0 Å². The third kappa shape index (κ3) is 4.20. The van der Waals surface area contributed by atoms with Crippen LogP contribution in [0.5, 0.6) is 0 Å². The predicted octanol–water partition coefficient (Wildman–Crippen LogP) is 3.07. The van der Waals surface area contributed by atoms with Crippen LogP contribution in [-0.4, -0.2) is 19.9 Å². The van der Waals surface area contributed by atoms with Crippen molar-refractivity contribution < 1.29 is 0 Å². The van der Waals surface area contributed by atoms with Crippen molar-refractivity contribution in [2.45, 2.75) is 19.6 Å². The fourth-order valence-electron chi connectivity index (χ4n) is 2.42. The van der Waals surface area contributed by atoms with E-state index in [2.05, 4.69) is 38.1 Å². The van der Waals surface area contributed by atoms with Gasteiger partial charge in [-0.25, -0.2) is 0 Å². The van der Waals surface area contributed by atoms with Gasteiger partial charge >= 0.3 is 0 Å². The van der Waals surface area contributed by atoms with Gasteiger partial charge in [-0.05, 0) is 34.9 Å². The number of hydrogen-bond donors (Lipinski definition) is 0. The van der Waals surface area contributed by atoms with Crippen molar-refractivity contribution in [3.8, 4) is 0 Å². The van der Waals surface area contributed by atoms with Crippen LogP contribution in [0.1, 0.15) is 16.7 Å². The molecule has 0 saturated heterocycles. The SMILES string of the molecule is c1cncc(CN(Cc2cccnc2)Cc2cccnc2)c1. The largest absolute Gasteiger partial charge is 0.290 e. The van der Waals surface area contributed by atoms with Crippen molar-refractivity contribution >= 4 is 0 Å². The van der Waals surface area contributed by atoms with Gasteiger partial charge in [0, 0.05) is 56.8 Å². The minimum Gasteiger partial charge on any atom is -0.290 e. The molecule has 3 rings (SSSR count). The van der Waals surface area contributed by atoms with Crippen molar-refractivity contribution in [3.63, 3.8) is 0 Å². The quantitative estimate of drug-likeness (QED) is 0.699. The zero-order valence-electron chi connectivity index (χ0n) is 12.3. The number of rotatable bonds is 6. The number of aromatic nitrogens is 3. The summed E-state index contributed by atoms with van der Waals surface area (Å²) in [5.74, 6) is 0. The smallest absolute Gasteiger partial charge is 0.0312 e. The summed E-state index contributed by atoms with van der Waals surface area (Å²) in [6, 6.07) is 12.2. The van der Waals surface area contributed by atoms with E-state index in [-0.39, 0.29) is 0 Å². The van der Waals surface area contributed by atoms with E-state index >= 15 is 0 Å². The van der Waals surface area contributed by atoms with Crippen LogP contribution in [0, 0.1) is 0 Å². The molecule has 3 heterocycles. The lowest BCUT2D eigenvalue weighted by molar-refractivity contribution is 0.247. The molecule has 0 radical (unpaired) electrons. The summed E-state index contributed by atoms with van der Waals surface area (Å²) in [6.07, 6.45) is 11.2. The molecule has 0 N–H and O–H groups in total. The molecule has 3 aromatic rings. The molecule has 4 heteroatoms. The summed E-state index contributed by atoms with van der Waals surface area (Å²) >= 11 is 0. The lowest BCUT2D eigenvalue weighted by Crippen LogP contribution is -2.22. The van der Waals surface area contributed by atoms with E-state index in [9.17, 15) is 0 Å². The number of nitrogens with zero attached hydrogens (tertiary/aromatic N) is 4. The van der Waals surface area contributed by atoms with Gasteiger partial charge in [-0.3, -0.25) is 19.9 Å². The van der Waals surface area contributed by atoms with Gasteiger partial charge in [0.25, 0.3) is 0 Å². The van der Waals surface area contributed by atoms with Crippen LogP contribution in [0.15, 0.2) is 73.6 Å². The van der Waals surface area contributed by atoms with E-state index in [1.807, 2.05) is 36.8 Å². The average molecular weight is 290 g/mol. The van der Waals surface area contributed by atoms with Gasteiger partial charge in [0.15, 0.2) is 0 Å². The molecule has 0 fully saturated rings. The highest BCUT2D eigenvalue weighted by Crippen LogP contribution is 2.12. The summed E-state index contributed by atoms with van der Waals surface area (Å²) in [4.78, 5) is 15.0. The van der Waals surface area contributed by atoms with Crippen molar-refractivity contribution in [2.24, 2.45) is 0 Å². The minimum absolute atomic E-state index is 0.845. The van der Waals surface area contributed by atoms with Crippen LogP contribution in [0.4, 0.5) is 0 Å².